The van der Waals surface area contributed by atoms with Gasteiger partial charge in [0.1, 0.15) is 0 Å². The van der Waals surface area contributed by atoms with Gasteiger partial charge in [-0.05, 0) is 36.2 Å². The molecule has 0 radical (unpaired) electrons. The van der Waals surface area contributed by atoms with Crippen molar-refractivity contribution in [1.29, 1.82) is 0 Å². The molecule has 0 amide bonds. The highest BCUT2D eigenvalue weighted by Gasteiger charge is 2.22. The molecule has 1 aliphatic heterocycles. The van der Waals surface area contributed by atoms with Crippen molar-refractivity contribution < 1.29 is 23.8 Å². The van der Waals surface area contributed by atoms with Gasteiger partial charge in [-0.1, -0.05) is 6.07 Å². The van der Waals surface area contributed by atoms with Gasteiger partial charge in [-0.2, -0.15) is 0 Å². The molecule has 0 spiro atoms. The first-order valence-corrected chi connectivity index (χ1v) is 6.71. The molecule has 1 aromatic carbocycles. The first kappa shape index (κ1) is 14.7. The van der Waals surface area contributed by atoms with Crippen LogP contribution < -0.4 is 9.47 Å². The van der Waals surface area contributed by atoms with E-state index in [1.54, 1.807) is 25.1 Å². The third-order valence-corrected chi connectivity index (χ3v) is 3.15. The summed E-state index contributed by atoms with van der Waals surface area (Å²) in [5, 5.41) is -0.489. The summed E-state index contributed by atoms with van der Waals surface area (Å²) in [5.41, 5.74) is 0.802. The van der Waals surface area contributed by atoms with E-state index in [2.05, 4.69) is 0 Å². The number of hydrogen-bond donors (Lipinski definition) is 0. The van der Waals surface area contributed by atoms with E-state index in [0.29, 0.717) is 18.1 Å². The molecule has 0 saturated heterocycles. The van der Waals surface area contributed by atoms with Crippen molar-refractivity contribution in [1.82, 2.24) is 0 Å². The monoisotopic (exact) mass is 298 g/mol. The highest BCUT2D eigenvalue weighted by Crippen LogP contribution is 2.36. The lowest BCUT2D eigenvalue weighted by Crippen LogP contribution is -2.12. The minimum absolute atomic E-state index is 0.0695. The number of esters is 1. The van der Waals surface area contributed by atoms with Crippen molar-refractivity contribution in [2.75, 3.05) is 13.4 Å². The zero-order valence-corrected chi connectivity index (χ0v) is 11.8. The number of carbonyl (C=O) groups is 2. The summed E-state index contributed by atoms with van der Waals surface area (Å²) in [6.07, 6.45) is 0.173. The molecule has 20 heavy (non-hydrogen) atoms. The molecule has 0 N–H and O–H groups in total. The Hall–Kier alpha value is -1.75. The fourth-order valence-electron chi connectivity index (χ4n) is 2.09. The van der Waals surface area contributed by atoms with Crippen LogP contribution in [0.4, 0.5) is 0 Å². The molecule has 108 valence electrons. The van der Waals surface area contributed by atoms with Crippen molar-refractivity contribution in [3.05, 3.63) is 23.8 Å². The van der Waals surface area contributed by atoms with Gasteiger partial charge in [-0.25, -0.2) is 0 Å². The van der Waals surface area contributed by atoms with Crippen molar-refractivity contribution in [3.8, 4) is 11.5 Å². The average molecular weight is 299 g/mol. The zero-order valence-electron chi connectivity index (χ0n) is 11.1. The quantitative estimate of drug-likeness (QED) is 0.597. The molecule has 6 heteroatoms. The van der Waals surface area contributed by atoms with Crippen molar-refractivity contribution in [2.45, 2.75) is 25.7 Å². The number of rotatable bonds is 6. The number of benzene rings is 1. The second-order valence-corrected chi connectivity index (χ2v) is 4.80. The molecule has 1 aromatic rings. The molecule has 0 aromatic heterocycles. The van der Waals surface area contributed by atoms with Gasteiger partial charge in [-0.3, -0.25) is 9.59 Å². The molecule has 0 saturated carbocycles. The number of halogens is 1. The minimum atomic E-state index is -0.489. The van der Waals surface area contributed by atoms with Crippen LogP contribution >= 0.6 is 11.6 Å². The van der Waals surface area contributed by atoms with Gasteiger partial charge in [0.15, 0.2) is 11.5 Å². The molecule has 5 nitrogen and oxygen atoms in total. The molecule has 0 fully saturated rings. The zero-order chi connectivity index (χ0) is 14.5. The second kappa shape index (κ2) is 6.61. The summed E-state index contributed by atoms with van der Waals surface area (Å²) < 4.78 is 15.4. The molecule has 0 bridgehead atoms. The second-order valence-electron chi connectivity index (χ2n) is 4.38. The van der Waals surface area contributed by atoms with Crippen molar-refractivity contribution in [3.63, 3.8) is 0 Å². The van der Waals surface area contributed by atoms with Crippen LogP contribution in [-0.4, -0.2) is 24.6 Å². The lowest BCUT2D eigenvalue weighted by atomic mass is 9.92. The Morgan fingerprint density at radius 3 is 2.75 bits per heavy atom. The molecule has 1 heterocycles. The summed E-state index contributed by atoms with van der Waals surface area (Å²) in [7, 11) is 0. The highest BCUT2D eigenvalue weighted by molar-refractivity contribution is 6.63. The lowest BCUT2D eigenvalue weighted by Gasteiger charge is -2.15. The number of carbonyl (C=O) groups excluding carboxylic acids is 2. The summed E-state index contributed by atoms with van der Waals surface area (Å²) in [6.45, 7) is 2.22. The average Bonchev–Trinajstić information content (AvgIpc) is 2.84. The predicted octanol–water partition coefficient (Wildman–Crippen LogP) is 2.61. The predicted molar refractivity (Wildman–Crippen MR) is 72.0 cm³/mol. The first-order valence-electron chi connectivity index (χ1n) is 6.33. The van der Waals surface area contributed by atoms with Gasteiger partial charge in [0, 0.05) is 12.3 Å². The van der Waals surface area contributed by atoms with E-state index < -0.39 is 5.24 Å². The van der Waals surface area contributed by atoms with E-state index in [0.717, 1.165) is 5.56 Å². The molecule has 0 unspecified atom stereocenters. The maximum absolute atomic E-state index is 11.6. The van der Waals surface area contributed by atoms with Gasteiger partial charge < -0.3 is 14.2 Å². The van der Waals surface area contributed by atoms with Gasteiger partial charge in [-0.15, -0.1) is 0 Å². The van der Waals surface area contributed by atoms with Crippen molar-refractivity contribution >= 4 is 22.8 Å². The number of fused-ring (bicyclic) bond motifs is 1. The largest absolute Gasteiger partial charge is 0.466 e. The van der Waals surface area contributed by atoms with E-state index in [4.69, 9.17) is 25.8 Å². The molecular formula is C14H15ClO5. The summed E-state index contributed by atoms with van der Waals surface area (Å²) in [4.78, 5) is 22.8. The third-order valence-electron chi connectivity index (χ3n) is 2.99. The normalized spacial score (nSPS) is 13.9. The fourth-order valence-corrected chi connectivity index (χ4v) is 2.28. The number of ether oxygens (including phenoxy) is 3. The summed E-state index contributed by atoms with van der Waals surface area (Å²) in [6, 6.07) is 5.33. The standard InChI is InChI=1S/C14H15ClO5/c1-2-18-14(17)7-10(6-13(15)16)9-3-4-11-12(5-9)20-8-19-11/h3-5,10H,2,6-8H2,1H3/t10-/m1/s1. The highest BCUT2D eigenvalue weighted by atomic mass is 35.5. The minimum Gasteiger partial charge on any atom is -0.466 e. The Kier molecular flexibility index (Phi) is 4.84. The topological polar surface area (TPSA) is 61.8 Å². The van der Waals surface area contributed by atoms with Gasteiger partial charge in [0.25, 0.3) is 0 Å². The molecular weight excluding hydrogens is 284 g/mol. The Labute approximate surface area is 121 Å². The number of hydrogen-bond acceptors (Lipinski definition) is 5. The molecule has 1 atom stereocenters. The van der Waals surface area contributed by atoms with Gasteiger partial charge in [0.05, 0.1) is 13.0 Å². The molecule has 0 aliphatic carbocycles. The van der Waals surface area contributed by atoms with E-state index in [1.807, 2.05) is 0 Å². The van der Waals surface area contributed by atoms with Crippen LogP contribution in [0, 0.1) is 0 Å². The van der Waals surface area contributed by atoms with E-state index in [9.17, 15) is 9.59 Å². The summed E-state index contributed by atoms with van der Waals surface area (Å²) >= 11 is 5.45. The van der Waals surface area contributed by atoms with Gasteiger partial charge >= 0.3 is 5.97 Å². The van der Waals surface area contributed by atoms with Crippen molar-refractivity contribution in [2.24, 2.45) is 0 Å². The van der Waals surface area contributed by atoms with E-state index in [-0.39, 0.29) is 31.5 Å². The van der Waals surface area contributed by atoms with Crippen LogP contribution in [0.5, 0.6) is 11.5 Å². The van der Waals surface area contributed by atoms with Crippen LogP contribution in [0.3, 0.4) is 0 Å². The van der Waals surface area contributed by atoms with Crippen LogP contribution in [0.25, 0.3) is 0 Å². The lowest BCUT2D eigenvalue weighted by molar-refractivity contribution is -0.143. The maximum atomic E-state index is 11.6. The Balaban J connectivity index is 2.17. The van der Waals surface area contributed by atoms with E-state index in [1.165, 1.54) is 0 Å². The fraction of sp³-hybridized carbons (Fsp3) is 0.429. The van der Waals surface area contributed by atoms with Crippen LogP contribution in [0.15, 0.2) is 18.2 Å². The third kappa shape index (κ3) is 3.63. The Morgan fingerprint density at radius 2 is 2.05 bits per heavy atom. The summed E-state index contributed by atoms with van der Waals surface area (Å²) in [5.74, 6) is 0.584. The smallest absolute Gasteiger partial charge is 0.306 e. The Bertz CT molecular complexity index is 514. The molecule has 2 rings (SSSR count). The molecule has 1 aliphatic rings. The van der Waals surface area contributed by atoms with Crippen LogP contribution in [0.1, 0.15) is 31.2 Å². The van der Waals surface area contributed by atoms with Crippen LogP contribution in [0.2, 0.25) is 0 Å². The van der Waals surface area contributed by atoms with Gasteiger partial charge in [0.2, 0.25) is 12.0 Å². The maximum Gasteiger partial charge on any atom is 0.306 e. The van der Waals surface area contributed by atoms with Crippen LogP contribution in [-0.2, 0) is 14.3 Å². The SMILES string of the molecule is CCOC(=O)C[C@@H](CC(=O)Cl)c1ccc2c(c1)OCO2. The van der Waals surface area contributed by atoms with E-state index >= 15 is 0 Å². The first-order chi connectivity index (χ1) is 9.60. The Morgan fingerprint density at radius 1 is 1.30 bits per heavy atom.